The first kappa shape index (κ1) is 14.6. The number of aliphatic carboxylic acids is 1. The van der Waals surface area contributed by atoms with E-state index >= 15 is 0 Å². The molecule has 0 heterocycles. The molecule has 0 saturated heterocycles. The molecule has 0 unspecified atom stereocenters. The minimum atomic E-state index is -1.14. The Bertz CT molecular complexity index is 513. The fourth-order valence-corrected chi connectivity index (χ4v) is 2.13. The third kappa shape index (κ3) is 2.86. The molecule has 0 atom stereocenters. The van der Waals surface area contributed by atoms with Crippen LogP contribution in [0.3, 0.4) is 0 Å². The Kier molecular flexibility index (Phi) is 4.82. The summed E-state index contributed by atoms with van der Waals surface area (Å²) < 4.78 is 4.95. The Morgan fingerprint density at radius 1 is 1.33 bits per heavy atom. The zero-order chi connectivity index (χ0) is 13.9. The molecular weight excluding hydrogens is 275 g/mol. The number of carboxylic acid groups (broad SMARTS) is 1. The Hall–Kier alpha value is -1.45. The highest BCUT2D eigenvalue weighted by Crippen LogP contribution is 2.35. The second-order valence-corrected chi connectivity index (χ2v) is 4.33. The molecule has 0 aliphatic carbocycles. The first-order chi connectivity index (χ1) is 8.40. The molecule has 0 bridgehead atoms. The molecule has 0 radical (unpaired) electrons. The van der Waals surface area contributed by atoms with Crippen LogP contribution in [-0.2, 0) is 9.53 Å². The van der Waals surface area contributed by atoms with E-state index in [2.05, 4.69) is 6.58 Å². The average Bonchev–Trinajstić information content (AvgIpc) is 2.28. The van der Waals surface area contributed by atoms with Crippen molar-refractivity contribution >= 4 is 34.7 Å². The van der Waals surface area contributed by atoms with Crippen molar-refractivity contribution in [3.63, 3.8) is 0 Å². The largest absolute Gasteiger partial charge is 0.500 e. The van der Waals surface area contributed by atoms with Crippen molar-refractivity contribution in [2.75, 3.05) is 7.11 Å². The first-order valence-corrected chi connectivity index (χ1v) is 5.77. The Morgan fingerprint density at radius 3 is 2.22 bits per heavy atom. The van der Waals surface area contributed by atoms with Crippen molar-refractivity contribution in [3.05, 3.63) is 51.7 Å². The molecule has 96 valence electrons. The minimum absolute atomic E-state index is 0.0486. The molecular formula is C13H12Cl2O3. The van der Waals surface area contributed by atoms with Gasteiger partial charge in [-0.2, -0.15) is 0 Å². The summed E-state index contributed by atoms with van der Waals surface area (Å²) in [5, 5.41) is 9.89. The monoisotopic (exact) mass is 286 g/mol. The van der Waals surface area contributed by atoms with Crippen LogP contribution in [0.25, 0.3) is 5.57 Å². The van der Waals surface area contributed by atoms with Gasteiger partial charge in [0, 0.05) is 15.6 Å². The lowest BCUT2D eigenvalue weighted by molar-refractivity contribution is -0.132. The number of hydrogen-bond acceptors (Lipinski definition) is 2. The van der Waals surface area contributed by atoms with Crippen LogP contribution in [0.2, 0.25) is 10.0 Å². The quantitative estimate of drug-likeness (QED) is 0.517. The maximum absolute atomic E-state index is 11.3. The lowest BCUT2D eigenvalue weighted by atomic mass is 9.98. The van der Waals surface area contributed by atoms with E-state index in [1.165, 1.54) is 7.11 Å². The number of carboxylic acids is 1. The summed E-state index contributed by atoms with van der Waals surface area (Å²) in [5.41, 5.74) is 0.569. The molecule has 0 fully saturated rings. The van der Waals surface area contributed by atoms with Gasteiger partial charge in [-0.3, -0.25) is 0 Å². The number of rotatable bonds is 4. The van der Waals surface area contributed by atoms with E-state index in [1.54, 1.807) is 25.1 Å². The van der Waals surface area contributed by atoms with Crippen LogP contribution < -0.4 is 0 Å². The molecule has 18 heavy (non-hydrogen) atoms. The number of allylic oxidation sites excluding steroid dienone is 1. The van der Waals surface area contributed by atoms with E-state index in [-0.39, 0.29) is 16.9 Å². The Balaban J connectivity index is 3.42. The Labute approximate surface area is 115 Å². The van der Waals surface area contributed by atoms with Crippen LogP contribution in [0, 0.1) is 0 Å². The molecule has 0 saturated carbocycles. The van der Waals surface area contributed by atoms with Crippen molar-refractivity contribution in [2.45, 2.75) is 6.92 Å². The highest BCUT2D eigenvalue weighted by Gasteiger charge is 2.21. The Morgan fingerprint density at radius 2 is 1.83 bits per heavy atom. The van der Waals surface area contributed by atoms with Gasteiger partial charge in [0.2, 0.25) is 0 Å². The SMILES string of the molecule is C=C(/C(C(=O)O)=C(/C)OC)c1c(Cl)cccc1Cl. The molecule has 0 amide bonds. The molecule has 0 spiro atoms. The third-order valence-electron chi connectivity index (χ3n) is 2.44. The fraction of sp³-hybridized carbons (Fsp3) is 0.154. The highest BCUT2D eigenvalue weighted by molar-refractivity contribution is 6.38. The van der Waals surface area contributed by atoms with Gasteiger partial charge in [-0.15, -0.1) is 0 Å². The highest BCUT2D eigenvalue weighted by atomic mass is 35.5. The van der Waals surface area contributed by atoms with Crippen molar-refractivity contribution in [1.29, 1.82) is 0 Å². The van der Waals surface area contributed by atoms with E-state index in [0.29, 0.717) is 15.6 Å². The second-order valence-electron chi connectivity index (χ2n) is 3.52. The molecule has 1 rings (SSSR count). The van der Waals surface area contributed by atoms with Crippen molar-refractivity contribution < 1.29 is 14.6 Å². The van der Waals surface area contributed by atoms with E-state index in [0.717, 1.165) is 0 Å². The molecule has 3 nitrogen and oxygen atoms in total. The molecule has 1 N–H and O–H groups in total. The van der Waals surface area contributed by atoms with E-state index in [1.807, 2.05) is 0 Å². The number of carbonyl (C=O) groups is 1. The number of ether oxygens (including phenoxy) is 1. The van der Waals surface area contributed by atoms with Gasteiger partial charge in [-0.25, -0.2) is 4.79 Å². The van der Waals surface area contributed by atoms with Gasteiger partial charge in [0.25, 0.3) is 0 Å². The summed E-state index contributed by atoms with van der Waals surface area (Å²) in [6, 6.07) is 4.92. The van der Waals surface area contributed by atoms with Crippen LogP contribution in [0.1, 0.15) is 12.5 Å². The predicted molar refractivity (Wildman–Crippen MR) is 72.8 cm³/mol. The van der Waals surface area contributed by atoms with Crippen LogP contribution >= 0.6 is 23.2 Å². The maximum Gasteiger partial charge on any atom is 0.339 e. The lowest BCUT2D eigenvalue weighted by Gasteiger charge is -2.13. The van der Waals surface area contributed by atoms with Gasteiger partial charge in [0.15, 0.2) is 0 Å². The smallest absolute Gasteiger partial charge is 0.339 e. The standard InChI is InChI=1S/C13H12Cl2O3/c1-7(11(13(16)17)8(2)18-3)12-9(14)5-4-6-10(12)15/h4-6H,1H2,2-3H3,(H,16,17)/b11-8+. The normalized spacial score (nSPS) is 11.8. The van der Waals surface area contributed by atoms with E-state index in [4.69, 9.17) is 27.9 Å². The molecule has 5 heteroatoms. The molecule has 1 aromatic rings. The van der Waals surface area contributed by atoms with Crippen LogP contribution in [0.5, 0.6) is 0 Å². The maximum atomic E-state index is 11.3. The number of hydrogen-bond donors (Lipinski definition) is 1. The first-order valence-electron chi connectivity index (χ1n) is 5.02. The van der Waals surface area contributed by atoms with E-state index in [9.17, 15) is 9.90 Å². The van der Waals surface area contributed by atoms with Crippen molar-refractivity contribution in [2.24, 2.45) is 0 Å². The fourth-order valence-electron chi connectivity index (χ4n) is 1.51. The van der Waals surface area contributed by atoms with Crippen LogP contribution in [0.4, 0.5) is 0 Å². The molecule has 1 aromatic carbocycles. The van der Waals surface area contributed by atoms with Gasteiger partial charge in [-0.1, -0.05) is 35.8 Å². The zero-order valence-electron chi connectivity index (χ0n) is 9.96. The van der Waals surface area contributed by atoms with Crippen LogP contribution in [0.15, 0.2) is 36.1 Å². The summed E-state index contributed by atoms with van der Waals surface area (Å²) in [4.78, 5) is 11.3. The number of methoxy groups -OCH3 is 1. The number of halogens is 2. The lowest BCUT2D eigenvalue weighted by Crippen LogP contribution is -2.07. The van der Waals surface area contributed by atoms with Gasteiger partial charge in [0.1, 0.15) is 11.3 Å². The van der Waals surface area contributed by atoms with Gasteiger partial charge < -0.3 is 9.84 Å². The zero-order valence-corrected chi connectivity index (χ0v) is 11.5. The summed E-state index contributed by atoms with van der Waals surface area (Å²) in [7, 11) is 1.39. The van der Waals surface area contributed by atoms with Gasteiger partial charge in [-0.05, 0) is 24.6 Å². The summed E-state index contributed by atoms with van der Waals surface area (Å²) in [6.45, 7) is 5.29. The van der Waals surface area contributed by atoms with Crippen molar-refractivity contribution in [1.82, 2.24) is 0 Å². The number of benzene rings is 1. The molecule has 0 aromatic heterocycles. The molecule has 0 aliphatic rings. The van der Waals surface area contributed by atoms with Gasteiger partial charge in [0.05, 0.1) is 7.11 Å². The van der Waals surface area contributed by atoms with Crippen molar-refractivity contribution in [3.8, 4) is 0 Å². The topological polar surface area (TPSA) is 46.5 Å². The minimum Gasteiger partial charge on any atom is -0.500 e. The van der Waals surface area contributed by atoms with Crippen LogP contribution in [-0.4, -0.2) is 18.2 Å². The molecule has 0 aliphatic heterocycles. The summed E-state index contributed by atoms with van der Waals surface area (Å²) >= 11 is 12.0. The third-order valence-corrected chi connectivity index (χ3v) is 3.07. The summed E-state index contributed by atoms with van der Waals surface area (Å²) in [6.07, 6.45) is 0. The average molecular weight is 287 g/mol. The van der Waals surface area contributed by atoms with Gasteiger partial charge >= 0.3 is 5.97 Å². The summed E-state index contributed by atoms with van der Waals surface area (Å²) in [5.74, 6) is -0.904. The predicted octanol–water partition coefficient (Wildman–Crippen LogP) is 4.01. The van der Waals surface area contributed by atoms with E-state index < -0.39 is 5.97 Å². The second kappa shape index (κ2) is 5.94.